The maximum Gasteiger partial charge on any atom is 0.231 e. The Bertz CT molecular complexity index is 666. The zero-order valence-electron chi connectivity index (χ0n) is 13.1. The second-order valence-electron chi connectivity index (χ2n) is 5.19. The van der Waals surface area contributed by atoms with Crippen LogP contribution in [-0.2, 0) is 0 Å². The highest BCUT2D eigenvalue weighted by molar-refractivity contribution is 5.50. The fraction of sp³-hybridized carbons (Fsp3) is 0.333. The van der Waals surface area contributed by atoms with E-state index in [1.54, 1.807) is 14.2 Å². The highest BCUT2D eigenvalue weighted by Crippen LogP contribution is 2.39. The largest absolute Gasteiger partial charge is 0.493 e. The first-order valence-electron chi connectivity index (χ1n) is 7.38. The normalized spacial score (nSPS) is 13.8. The van der Waals surface area contributed by atoms with Crippen molar-refractivity contribution in [1.29, 1.82) is 0 Å². The summed E-state index contributed by atoms with van der Waals surface area (Å²) in [5, 5.41) is 0. The summed E-state index contributed by atoms with van der Waals surface area (Å²) >= 11 is 0. The first-order valence-corrected chi connectivity index (χ1v) is 7.38. The van der Waals surface area contributed by atoms with E-state index < -0.39 is 0 Å². The van der Waals surface area contributed by atoms with Gasteiger partial charge in [-0.1, -0.05) is 19.1 Å². The van der Waals surface area contributed by atoms with Crippen LogP contribution in [0.4, 0.5) is 0 Å². The predicted molar refractivity (Wildman–Crippen MR) is 84.2 cm³/mol. The van der Waals surface area contributed by atoms with Crippen LogP contribution in [0.3, 0.4) is 0 Å². The van der Waals surface area contributed by atoms with Crippen LogP contribution in [0.15, 0.2) is 36.4 Å². The predicted octanol–water partition coefficient (Wildman–Crippen LogP) is 3.97. The fourth-order valence-electron chi connectivity index (χ4n) is 2.86. The van der Waals surface area contributed by atoms with Crippen LogP contribution in [0, 0.1) is 0 Å². The van der Waals surface area contributed by atoms with E-state index in [-0.39, 0.29) is 5.92 Å². The van der Waals surface area contributed by atoms with Crippen LogP contribution >= 0.6 is 0 Å². The zero-order chi connectivity index (χ0) is 15.5. The molecule has 1 aliphatic rings. The van der Waals surface area contributed by atoms with Crippen LogP contribution in [0.2, 0.25) is 0 Å². The molecule has 1 aliphatic heterocycles. The molecule has 2 aromatic carbocycles. The Balaban J connectivity index is 1.97. The van der Waals surface area contributed by atoms with Crippen LogP contribution in [-0.4, -0.2) is 21.0 Å². The number of hydrogen-bond donors (Lipinski definition) is 0. The van der Waals surface area contributed by atoms with Crippen molar-refractivity contribution in [2.24, 2.45) is 0 Å². The molecule has 1 atom stereocenters. The summed E-state index contributed by atoms with van der Waals surface area (Å²) in [5.74, 6) is 3.39. The fourth-order valence-corrected chi connectivity index (χ4v) is 2.86. The smallest absolute Gasteiger partial charge is 0.231 e. The van der Waals surface area contributed by atoms with Gasteiger partial charge in [0.15, 0.2) is 23.0 Å². The van der Waals surface area contributed by atoms with Gasteiger partial charge in [-0.25, -0.2) is 0 Å². The maximum atomic E-state index is 5.48. The molecule has 0 saturated carbocycles. The number of fused-ring (bicyclic) bond motifs is 1. The van der Waals surface area contributed by atoms with Crippen molar-refractivity contribution in [3.63, 3.8) is 0 Å². The molecule has 1 unspecified atom stereocenters. The van der Waals surface area contributed by atoms with Gasteiger partial charge in [0.2, 0.25) is 6.79 Å². The van der Waals surface area contributed by atoms with E-state index in [4.69, 9.17) is 18.9 Å². The summed E-state index contributed by atoms with van der Waals surface area (Å²) in [6.07, 6.45) is 0.981. The standard InChI is InChI=1S/C18H20O4/c1-4-14(12-5-7-15(19-2)17(9-12)20-3)13-6-8-16-18(10-13)22-11-21-16/h5-10,14H,4,11H2,1-3H3. The summed E-state index contributed by atoms with van der Waals surface area (Å²) in [6, 6.07) is 12.2. The Morgan fingerprint density at radius 3 is 2.32 bits per heavy atom. The minimum Gasteiger partial charge on any atom is -0.493 e. The molecule has 0 amide bonds. The number of benzene rings is 2. The highest BCUT2D eigenvalue weighted by atomic mass is 16.7. The molecule has 3 rings (SSSR count). The van der Waals surface area contributed by atoms with E-state index in [9.17, 15) is 0 Å². The van der Waals surface area contributed by atoms with Crippen molar-refractivity contribution in [2.45, 2.75) is 19.3 Å². The van der Waals surface area contributed by atoms with E-state index in [1.165, 1.54) is 11.1 Å². The second kappa shape index (κ2) is 6.18. The Morgan fingerprint density at radius 1 is 0.909 bits per heavy atom. The first kappa shape index (κ1) is 14.6. The molecule has 0 radical (unpaired) electrons. The molecular weight excluding hydrogens is 280 g/mol. The second-order valence-corrected chi connectivity index (χ2v) is 5.19. The summed E-state index contributed by atoms with van der Waals surface area (Å²) in [4.78, 5) is 0. The van der Waals surface area contributed by atoms with Crippen LogP contribution in [0.5, 0.6) is 23.0 Å². The van der Waals surface area contributed by atoms with E-state index in [2.05, 4.69) is 25.1 Å². The van der Waals surface area contributed by atoms with E-state index in [1.807, 2.05) is 18.2 Å². The third-order valence-electron chi connectivity index (χ3n) is 4.02. The van der Waals surface area contributed by atoms with Crippen molar-refractivity contribution in [1.82, 2.24) is 0 Å². The lowest BCUT2D eigenvalue weighted by atomic mass is 9.88. The van der Waals surface area contributed by atoms with Crippen molar-refractivity contribution in [3.8, 4) is 23.0 Å². The van der Waals surface area contributed by atoms with Crippen molar-refractivity contribution < 1.29 is 18.9 Å². The molecule has 0 bridgehead atoms. The van der Waals surface area contributed by atoms with Crippen molar-refractivity contribution in [2.75, 3.05) is 21.0 Å². The van der Waals surface area contributed by atoms with Crippen LogP contribution in [0.25, 0.3) is 0 Å². The minimum atomic E-state index is 0.273. The molecule has 0 fully saturated rings. The first-order chi connectivity index (χ1) is 10.8. The average molecular weight is 300 g/mol. The van der Waals surface area contributed by atoms with E-state index in [0.29, 0.717) is 6.79 Å². The van der Waals surface area contributed by atoms with Gasteiger partial charge in [-0.3, -0.25) is 0 Å². The van der Waals surface area contributed by atoms with Gasteiger partial charge in [0, 0.05) is 5.92 Å². The van der Waals surface area contributed by atoms with Gasteiger partial charge < -0.3 is 18.9 Å². The molecule has 22 heavy (non-hydrogen) atoms. The van der Waals surface area contributed by atoms with Gasteiger partial charge in [-0.15, -0.1) is 0 Å². The highest BCUT2D eigenvalue weighted by Gasteiger charge is 2.19. The summed E-state index contributed by atoms with van der Waals surface area (Å²) < 4.78 is 21.6. The maximum absolute atomic E-state index is 5.48. The van der Waals surface area contributed by atoms with Gasteiger partial charge in [0.1, 0.15) is 0 Å². The number of rotatable bonds is 5. The molecule has 0 saturated heterocycles. The third-order valence-corrected chi connectivity index (χ3v) is 4.02. The zero-order valence-corrected chi connectivity index (χ0v) is 13.1. The van der Waals surface area contributed by atoms with E-state index >= 15 is 0 Å². The molecule has 116 valence electrons. The molecule has 0 aromatic heterocycles. The topological polar surface area (TPSA) is 36.9 Å². The lowest BCUT2D eigenvalue weighted by Crippen LogP contribution is -2.01. The number of methoxy groups -OCH3 is 2. The molecular formula is C18H20O4. The average Bonchev–Trinajstić information content (AvgIpc) is 3.03. The van der Waals surface area contributed by atoms with Gasteiger partial charge >= 0.3 is 0 Å². The Labute approximate surface area is 130 Å². The Hall–Kier alpha value is -2.36. The lowest BCUT2D eigenvalue weighted by molar-refractivity contribution is 0.174. The molecule has 0 spiro atoms. The number of hydrogen-bond acceptors (Lipinski definition) is 4. The van der Waals surface area contributed by atoms with Gasteiger partial charge in [-0.2, -0.15) is 0 Å². The summed E-state index contributed by atoms with van der Waals surface area (Å²) in [5.41, 5.74) is 2.40. The quantitative estimate of drug-likeness (QED) is 0.837. The monoisotopic (exact) mass is 300 g/mol. The molecule has 1 heterocycles. The SMILES string of the molecule is CCC(c1ccc(OC)c(OC)c1)c1ccc2c(c1)OCO2. The van der Waals surface area contributed by atoms with E-state index in [0.717, 1.165) is 29.4 Å². The third kappa shape index (κ3) is 2.56. The minimum absolute atomic E-state index is 0.273. The van der Waals surface area contributed by atoms with Crippen LogP contribution < -0.4 is 18.9 Å². The van der Waals surface area contributed by atoms with Crippen LogP contribution in [0.1, 0.15) is 30.4 Å². The number of ether oxygens (including phenoxy) is 4. The summed E-state index contributed by atoms with van der Waals surface area (Å²) in [6.45, 7) is 2.47. The van der Waals surface area contributed by atoms with Crippen molar-refractivity contribution in [3.05, 3.63) is 47.5 Å². The Kier molecular flexibility index (Phi) is 4.09. The molecule has 0 N–H and O–H groups in total. The van der Waals surface area contributed by atoms with Gasteiger partial charge in [0.05, 0.1) is 14.2 Å². The summed E-state index contributed by atoms with van der Waals surface area (Å²) in [7, 11) is 3.30. The molecule has 2 aromatic rings. The Morgan fingerprint density at radius 2 is 1.59 bits per heavy atom. The van der Waals surface area contributed by atoms with Crippen molar-refractivity contribution >= 4 is 0 Å². The van der Waals surface area contributed by atoms with Gasteiger partial charge in [-0.05, 0) is 41.8 Å². The molecule has 0 aliphatic carbocycles. The molecule has 4 nitrogen and oxygen atoms in total. The lowest BCUT2D eigenvalue weighted by Gasteiger charge is -2.18. The van der Waals surface area contributed by atoms with Gasteiger partial charge in [0.25, 0.3) is 0 Å². The molecule has 4 heteroatoms.